The van der Waals surface area contributed by atoms with Gasteiger partial charge in [0.1, 0.15) is 0 Å². The lowest BCUT2D eigenvalue weighted by Crippen LogP contribution is -2.42. The van der Waals surface area contributed by atoms with Crippen molar-refractivity contribution in [1.82, 2.24) is 4.90 Å². The Bertz CT molecular complexity index is 318. The first kappa shape index (κ1) is 16.0. The highest BCUT2D eigenvalue weighted by molar-refractivity contribution is 5.84. The lowest BCUT2D eigenvalue weighted by Gasteiger charge is -2.29. The van der Waals surface area contributed by atoms with Crippen molar-refractivity contribution in [3.63, 3.8) is 0 Å². The van der Waals surface area contributed by atoms with Crippen molar-refractivity contribution in [3.8, 4) is 0 Å². The minimum atomic E-state index is -0.457. The van der Waals surface area contributed by atoms with Gasteiger partial charge >= 0.3 is 0 Å². The molecule has 19 heavy (non-hydrogen) atoms. The van der Waals surface area contributed by atoms with Gasteiger partial charge in [0.05, 0.1) is 6.54 Å². The summed E-state index contributed by atoms with van der Waals surface area (Å²) in [6.45, 7) is 3.81. The number of carbonyl (C=O) groups excluding carboxylic acids is 2. The highest BCUT2D eigenvalue weighted by Gasteiger charge is 2.23. The molecule has 5 heteroatoms. The summed E-state index contributed by atoms with van der Waals surface area (Å²) < 4.78 is 0. The minimum Gasteiger partial charge on any atom is -0.368 e. The Morgan fingerprint density at radius 1 is 1.32 bits per heavy atom. The summed E-state index contributed by atoms with van der Waals surface area (Å²) in [7, 11) is 0. The van der Waals surface area contributed by atoms with E-state index in [0.29, 0.717) is 18.4 Å². The fourth-order valence-electron chi connectivity index (χ4n) is 2.79. The smallest absolute Gasteiger partial charge is 0.237 e. The number of nitrogens with zero attached hydrogens (tertiary/aromatic N) is 1. The largest absolute Gasteiger partial charge is 0.368 e. The summed E-state index contributed by atoms with van der Waals surface area (Å²) in [5.41, 5.74) is 11.1. The van der Waals surface area contributed by atoms with Gasteiger partial charge in [-0.05, 0) is 39.0 Å². The number of carbonyl (C=O) groups is 2. The molecule has 1 aliphatic rings. The highest BCUT2D eigenvalue weighted by atomic mass is 16.2. The molecule has 1 rings (SSSR count). The predicted octanol–water partition coefficient (Wildman–Crippen LogP) is 1.01. The van der Waals surface area contributed by atoms with E-state index in [0.717, 1.165) is 25.7 Å². The van der Waals surface area contributed by atoms with Gasteiger partial charge in [0.15, 0.2) is 0 Å². The third kappa shape index (κ3) is 5.59. The maximum Gasteiger partial charge on any atom is 0.237 e. The van der Waals surface area contributed by atoms with Crippen LogP contribution in [0.5, 0.6) is 0 Å². The van der Waals surface area contributed by atoms with Crippen LogP contribution in [0.3, 0.4) is 0 Å². The van der Waals surface area contributed by atoms with Gasteiger partial charge in [-0.2, -0.15) is 0 Å². The van der Waals surface area contributed by atoms with Gasteiger partial charge in [-0.25, -0.2) is 0 Å². The van der Waals surface area contributed by atoms with Crippen LogP contribution in [0, 0.1) is 5.92 Å². The SMILES string of the molecule is CC(C)N(CC(N)=O)C(=O)CCC1CCCC(N)C1. The van der Waals surface area contributed by atoms with E-state index in [2.05, 4.69) is 0 Å². The predicted molar refractivity (Wildman–Crippen MR) is 75.2 cm³/mol. The van der Waals surface area contributed by atoms with Crippen molar-refractivity contribution < 1.29 is 9.59 Å². The standard InChI is InChI=1S/C14H27N3O2/c1-10(2)17(9-13(16)18)14(19)7-6-11-4-3-5-12(15)8-11/h10-12H,3-9,15H2,1-2H3,(H2,16,18). The fourth-order valence-corrected chi connectivity index (χ4v) is 2.79. The van der Waals surface area contributed by atoms with E-state index in [-0.39, 0.29) is 18.5 Å². The van der Waals surface area contributed by atoms with Crippen LogP contribution in [0.25, 0.3) is 0 Å². The minimum absolute atomic E-state index is 0.00797. The third-order valence-corrected chi connectivity index (χ3v) is 3.86. The van der Waals surface area contributed by atoms with Crippen molar-refractivity contribution in [2.45, 2.75) is 64.5 Å². The summed E-state index contributed by atoms with van der Waals surface area (Å²) in [6, 6.07) is 0.300. The van der Waals surface area contributed by atoms with Crippen LogP contribution >= 0.6 is 0 Å². The van der Waals surface area contributed by atoms with Gasteiger partial charge in [0.25, 0.3) is 0 Å². The summed E-state index contributed by atoms with van der Waals surface area (Å²) in [6.07, 6.45) is 5.81. The molecule has 0 heterocycles. The van der Waals surface area contributed by atoms with Gasteiger partial charge in [-0.1, -0.05) is 12.8 Å². The van der Waals surface area contributed by atoms with Crippen molar-refractivity contribution in [1.29, 1.82) is 0 Å². The Balaban J connectivity index is 2.41. The quantitative estimate of drug-likeness (QED) is 0.754. The molecule has 0 aliphatic heterocycles. The van der Waals surface area contributed by atoms with E-state index in [1.54, 1.807) is 4.90 Å². The Kier molecular flexibility index (Phi) is 6.28. The lowest BCUT2D eigenvalue weighted by molar-refractivity contribution is -0.137. The maximum atomic E-state index is 12.1. The lowest BCUT2D eigenvalue weighted by atomic mass is 9.83. The molecule has 2 atom stereocenters. The Morgan fingerprint density at radius 2 is 2.00 bits per heavy atom. The van der Waals surface area contributed by atoms with Crippen LogP contribution in [0.1, 0.15) is 52.4 Å². The molecule has 0 aromatic heterocycles. The fraction of sp³-hybridized carbons (Fsp3) is 0.857. The number of hydrogen-bond donors (Lipinski definition) is 2. The first-order valence-corrected chi connectivity index (χ1v) is 7.23. The summed E-state index contributed by atoms with van der Waals surface area (Å²) in [5, 5.41) is 0. The highest BCUT2D eigenvalue weighted by Crippen LogP contribution is 2.27. The molecule has 1 fully saturated rings. The van der Waals surface area contributed by atoms with E-state index in [4.69, 9.17) is 11.5 Å². The Hall–Kier alpha value is -1.10. The van der Waals surface area contributed by atoms with Crippen molar-refractivity contribution in [2.75, 3.05) is 6.54 Å². The van der Waals surface area contributed by atoms with Crippen LogP contribution in [0.4, 0.5) is 0 Å². The second-order valence-electron chi connectivity index (χ2n) is 5.91. The van der Waals surface area contributed by atoms with Crippen LogP contribution in [-0.4, -0.2) is 35.3 Å². The number of amides is 2. The van der Waals surface area contributed by atoms with E-state index >= 15 is 0 Å². The first-order valence-electron chi connectivity index (χ1n) is 7.23. The molecule has 0 aromatic rings. The average Bonchev–Trinajstić information content (AvgIpc) is 2.32. The number of rotatable bonds is 6. The molecular weight excluding hydrogens is 242 g/mol. The summed E-state index contributed by atoms with van der Waals surface area (Å²) in [4.78, 5) is 24.7. The first-order chi connectivity index (χ1) is 8.90. The molecule has 2 unspecified atom stereocenters. The summed E-state index contributed by atoms with van der Waals surface area (Å²) in [5.74, 6) is 0.116. The molecule has 1 saturated carbocycles. The van der Waals surface area contributed by atoms with E-state index in [1.165, 1.54) is 6.42 Å². The van der Waals surface area contributed by atoms with Crippen LogP contribution in [0.15, 0.2) is 0 Å². The zero-order chi connectivity index (χ0) is 14.4. The summed E-state index contributed by atoms with van der Waals surface area (Å²) >= 11 is 0. The van der Waals surface area contributed by atoms with Crippen LogP contribution in [-0.2, 0) is 9.59 Å². The third-order valence-electron chi connectivity index (χ3n) is 3.86. The molecule has 4 N–H and O–H groups in total. The van der Waals surface area contributed by atoms with E-state index in [1.807, 2.05) is 13.8 Å². The van der Waals surface area contributed by atoms with Gasteiger partial charge in [-0.15, -0.1) is 0 Å². The van der Waals surface area contributed by atoms with Gasteiger partial charge in [-0.3, -0.25) is 9.59 Å². The van der Waals surface area contributed by atoms with Crippen molar-refractivity contribution in [2.24, 2.45) is 17.4 Å². The van der Waals surface area contributed by atoms with Crippen molar-refractivity contribution >= 4 is 11.8 Å². The van der Waals surface area contributed by atoms with E-state index < -0.39 is 5.91 Å². The molecule has 0 radical (unpaired) electrons. The van der Waals surface area contributed by atoms with Crippen LogP contribution < -0.4 is 11.5 Å². The second-order valence-corrected chi connectivity index (χ2v) is 5.91. The Morgan fingerprint density at radius 3 is 2.53 bits per heavy atom. The maximum absolute atomic E-state index is 12.1. The van der Waals surface area contributed by atoms with Crippen LogP contribution in [0.2, 0.25) is 0 Å². The zero-order valence-corrected chi connectivity index (χ0v) is 12.1. The molecule has 1 aliphatic carbocycles. The number of primary amides is 1. The zero-order valence-electron chi connectivity index (χ0n) is 12.1. The number of nitrogens with two attached hydrogens (primary N) is 2. The molecular formula is C14H27N3O2. The van der Waals surface area contributed by atoms with Gasteiger partial charge < -0.3 is 16.4 Å². The average molecular weight is 269 g/mol. The molecule has 110 valence electrons. The second kappa shape index (κ2) is 7.48. The normalized spacial score (nSPS) is 23.4. The molecule has 0 bridgehead atoms. The topological polar surface area (TPSA) is 89.4 Å². The van der Waals surface area contributed by atoms with Crippen molar-refractivity contribution in [3.05, 3.63) is 0 Å². The molecule has 2 amide bonds. The molecule has 0 spiro atoms. The van der Waals surface area contributed by atoms with E-state index in [9.17, 15) is 9.59 Å². The van der Waals surface area contributed by atoms with Gasteiger partial charge in [0.2, 0.25) is 11.8 Å². The Labute approximate surface area is 115 Å². The molecule has 0 saturated heterocycles. The molecule has 0 aromatic carbocycles. The van der Waals surface area contributed by atoms with Gasteiger partial charge in [0, 0.05) is 18.5 Å². The monoisotopic (exact) mass is 269 g/mol. The number of hydrogen-bond acceptors (Lipinski definition) is 3. The molecule has 5 nitrogen and oxygen atoms in total.